The molecule has 0 atom stereocenters. The molecule has 27 heavy (non-hydrogen) atoms. The van der Waals surface area contributed by atoms with Crippen molar-refractivity contribution in [3.05, 3.63) is 59.7 Å². The van der Waals surface area contributed by atoms with E-state index in [1.165, 1.54) is 54.4 Å². The molecular formula is C24H27N3. The van der Waals surface area contributed by atoms with Crippen molar-refractivity contribution < 1.29 is 0 Å². The molecule has 2 aromatic carbocycles. The smallest absolute Gasteiger partial charge is 0.189 e. The zero-order chi connectivity index (χ0) is 18.0. The highest BCUT2D eigenvalue weighted by Gasteiger charge is 2.48. The van der Waals surface area contributed by atoms with Gasteiger partial charge in [0.25, 0.3) is 0 Å². The van der Waals surface area contributed by atoms with E-state index in [1.807, 2.05) is 0 Å². The summed E-state index contributed by atoms with van der Waals surface area (Å²) in [6.07, 6.45) is 7.01. The summed E-state index contributed by atoms with van der Waals surface area (Å²) in [6.45, 7) is 0. The molecule has 5 aliphatic rings. The summed E-state index contributed by atoms with van der Waals surface area (Å²) in [5, 5.41) is 15.8. The second-order valence-electron chi connectivity index (χ2n) is 9.23. The van der Waals surface area contributed by atoms with Crippen molar-refractivity contribution in [2.45, 2.75) is 44.2 Å². The van der Waals surface area contributed by atoms with Crippen molar-refractivity contribution in [1.82, 2.24) is 10.6 Å². The Morgan fingerprint density at radius 2 is 1.22 bits per heavy atom. The molecule has 4 fully saturated rings. The number of hydrogen-bond acceptors (Lipinski definition) is 1. The van der Waals surface area contributed by atoms with Gasteiger partial charge in [-0.25, -0.2) is 0 Å². The largest absolute Gasteiger partial charge is 0.353 e. The molecule has 3 heteroatoms. The first-order valence-electron chi connectivity index (χ1n) is 10.6. The van der Waals surface area contributed by atoms with Gasteiger partial charge in [-0.1, -0.05) is 48.5 Å². The van der Waals surface area contributed by atoms with Crippen molar-refractivity contribution in [3.63, 3.8) is 0 Å². The number of rotatable bonds is 2. The lowest BCUT2D eigenvalue weighted by molar-refractivity contribution is -0.00730. The molecule has 138 valence electrons. The Hall–Kier alpha value is -2.29. The quantitative estimate of drug-likeness (QED) is 0.539. The van der Waals surface area contributed by atoms with Gasteiger partial charge in [-0.05, 0) is 78.0 Å². The Bertz CT molecular complexity index is 829. The zero-order valence-electron chi connectivity index (χ0n) is 15.6. The lowest BCUT2D eigenvalue weighted by Crippen LogP contribution is -2.57. The van der Waals surface area contributed by atoms with E-state index < -0.39 is 0 Å². The maximum Gasteiger partial charge on any atom is 0.189 e. The number of guanidine groups is 1. The first-order valence-corrected chi connectivity index (χ1v) is 10.6. The molecule has 0 saturated heterocycles. The van der Waals surface area contributed by atoms with Crippen LogP contribution in [0.5, 0.6) is 0 Å². The molecule has 2 aromatic rings. The van der Waals surface area contributed by atoms with Gasteiger partial charge in [-0.2, -0.15) is 0 Å². The number of fused-ring (bicyclic) bond motifs is 3. The summed E-state index contributed by atoms with van der Waals surface area (Å²) >= 11 is 0. The van der Waals surface area contributed by atoms with Gasteiger partial charge in [0.15, 0.2) is 5.96 Å². The average Bonchev–Trinajstić information content (AvgIpc) is 2.98. The monoisotopic (exact) mass is 357 g/mol. The summed E-state index contributed by atoms with van der Waals surface area (Å²) in [4.78, 5) is 0. The van der Waals surface area contributed by atoms with Crippen LogP contribution in [0.4, 0.5) is 0 Å². The van der Waals surface area contributed by atoms with Crippen LogP contribution in [0.2, 0.25) is 0 Å². The maximum atomic E-state index is 8.69. The van der Waals surface area contributed by atoms with Crippen molar-refractivity contribution in [2.75, 3.05) is 0 Å². The van der Waals surface area contributed by atoms with E-state index in [1.54, 1.807) is 0 Å². The summed E-state index contributed by atoms with van der Waals surface area (Å²) in [5.41, 5.74) is 5.17. The fourth-order valence-corrected chi connectivity index (χ4v) is 6.82. The molecule has 0 aliphatic heterocycles. The van der Waals surface area contributed by atoms with Gasteiger partial charge in [0, 0.05) is 6.04 Å². The van der Waals surface area contributed by atoms with Gasteiger partial charge in [0.2, 0.25) is 0 Å². The Balaban J connectivity index is 1.23. The highest BCUT2D eigenvalue weighted by Crippen LogP contribution is 2.53. The average molecular weight is 358 g/mol. The topological polar surface area (TPSA) is 47.9 Å². The minimum absolute atomic E-state index is 0.0780. The molecule has 0 amide bonds. The van der Waals surface area contributed by atoms with Crippen LogP contribution in [0.3, 0.4) is 0 Å². The molecule has 0 spiro atoms. The third-order valence-corrected chi connectivity index (χ3v) is 7.66. The highest BCUT2D eigenvalue weighted by atomic mass is 15.2. The van der Waals surface area contributed by atoms with Crippen molar-refractivity contribution in [3.8, 4) is 11.1 Å². The zero-order valence-corrected chi connectivity index (χ0v) is 15.6. The van der Waals surface area contributed by atoms with Crippen LogP contribution in [0.15, 0.2) is 48.5 Å². The van der Waals surface area contributed by atoms with E-state index >= 15 is 0 Å². The van der Waals surface area contributed by atoms with E-state index in [9.17, 15) is 0 Å². The standard InChI is InChI=1S/C24H27N3/c25-24(26-22-16-10-14-9-15(12-16)13-17(22)11-14)27-23-20-7-3-1-5-18(20)19-6-2-4-8-21(19)23/h1-8,14-17,22-23H,9-13H2,(H3,25,26,27). The molecule has 3 nitrogen and oxygen atoms in total. The fourth-order valence-electron chi connectivity index (χ4n) is 6.82. The van der Waals surface area contributed by atoms with Crippen LogP contribution in [0.1, 0.15) is 49.3 Å². The van der Waals surface area contributed by atoms with E-state index in [0.29, 0.717) is 12.0 Å². The van der Waals surface area contributed by atoms with E-state index in [4.69, 9.17) is 5.41 Å². The summed E-state index contributed by atoms with van der Waals surface area (Å²) in [5.74, 6) is 4.02. The molecule has 0 unspecified atom stereocenters. The minimum Gasteiger partial charge on any atom is -0.353 e. The minimum atomic E-state index is 0.0780. The number of benzene rings is 2. The lowest BCUT2D eigenvalue weighted by Gasteiger charge is -2.54. The number of hydrogen-bond donors (Lipinski definition) is 3. The summed E-state index contributed by atoms with van der Waals surface area (Å²) < 4.78 is 0. The predicted octanol–water partition coefficient (Wildman–Crippen LogP) is 4.70. The first-order chi connectivity index (χ1) is 13.3. The molecule has 0 heterocycles. The molecule has 7 rings (SSSR count). The van der Waals surface area contributed by atoms with Gasteiger partial charge in [-0.3, -0.25) is 5.41 Å². The van der Waals surface area contributed by atoms with Crippen molar-refractivity contribution >= 4 is 5.96 Å². The summed E-state index contributed by atoms with van der Waals surface area (Å²) in [6, 6.07) is 17.8. The second kappa shape index (κ2) is 5.85. The third kappa shape index (κ3) is 2.44. The third-order valence-electron chi connectivity index (χ3n) is 7.66. The van der Waals surface area contributed by atoms with Crippen LogP contribution in [-0.2, 0) is 0 Å². The second-order valence-corrected chi connectivity index (χ2v) is 9.23. The van der Waals surface area contributed by atoms with Crippen molar-refractivity contribution in [1.29, 1.82) is 5.41 Å². The van der Waals surface area contributed by atoms with Crippen molar-refractivity contribution in [2.24, 2.45) is 23.7 Å². The molecule has 3 N–H and O–H groups in total. The van der Waals surface area contributed by atoms with Crippen LogP contribution >= 0.6 is 0 Å². The van der Waals surface area contributed by atoms with Gasteiger partial charge >= 0.3 is 0 Å². The van der Waals surface area contributed by atoms with Crippen LogP contribution < -0.4 is 10.6 Å². The van der Waals surface area contributed by atoms with Gasteiger partial charge in [0.05, 0.1) is 6.04 Å². The Morgan fingerprint density at radius 3 is 1.78 bits per heavy atom. The van der Waals surface area contributed by atoms with Gasteiger partial charge < -0.3 is 10.6 Å². The Kier molecular flexibility index (Phi) is 3.41. The molecular weight excluding hydrogens is 330 g/mol. The predicted molar refractivity (Wildman–Crippen MR) is 109 cm³/mol. The van der Waals surface area contributed by atoms with E-state index in [-0.39, 0.29) is 6.04 Å². The van der Waals surface area contributed by atoms with E-state index in [0.717, 1.165) is 23.7 Å². The first kappa shape index (κ1) is 15.7. The lowest BCUT2D eigenvalue weighted by atomic mass is 9.54. The van der Waals surface area contributed by atoms with Gasteiger partial charge in [0.1, 0.15) is 0 Å². The normalized spacial score (nSPS) is 32.8. The Labute approximate surface area is 161 Å². The fraction of sp³-hybridized carbons (Fsp3) is 0.458. The number of nitrogens with one attached hydrogen (secondary N) is 3. The van der Waals surface area contributed by atoms with Crippen LogP contribution in [0.25, 0.3) is 11.1 Å². The molecule has 4 saturated carbocycles. The Morgan fingerprint density at radius 1 is 0.704 bits per heavy atom. The van der Waals surface area contributed by atoms with Gasteiger partial charge in [-0.15, -0.1) is 0 Å². The highest BCUT2D eigenvalue weighted by molar-refractivity contribution is 5.83. The van der Waals surface area contributed by atoms with Crippen LogP contribution in [-0.4, -0.2) is 12.0 Å². The molecule has 5 aliphatic carbocycles. The van der Waals surface area contributed by atoms with E-state index in [2.05, 4.69) is 59.2 Å². The molecule has 0 aromatic heterocycles. The SMILES string of the molecule is N=C(NC1c2ccccc2-c2ccccc21)NC1C2CC3CC(C2)CC1C3. The summed E-state index contributed by atoms with van der Waals surface area (Å²) in [7, 11) is 0. The molecule has 0 radical (unpaired) electrons. The maximum absolute atomic E-state index is 8.69. The van der Waals surface area contributed by atoms with Crippen LogP contribution in [0, 0.1) is 29.1 Å². The molecule has 4 bridgehead atoms.